The van der Waals surface area contributed by atoms with Gasteiger partial charge in [0.2, 0.25) is 0 Å². The molecule has 0 radical (unpaired) electrons. The molecular weight excluding hydrogens is 120 g/mol. The highest BCUT2D eigenvalue weighted by atomic mass is 28.4. The summed E-state index contributed by atoms with van der Waals surface area (Å²) < 4.78 is 27.4. The minimum Gasteiger partial charge on any atom is -0.467 e. The monoisotopic (exact) mass is 120 g/mol. The molecule has 0 amide bonds. The quantitative estimate of drug-likeness (QED) is 0.379. The molecule has 0 aromatic carbocycles. The van der Waals surface area contributed by atoms with E-state index in [0.29, 0.717) is 0 Å². The Morgan fingerprint density at radius 1 is 1.00 bits per heavy atom. The molecule has 0 atom stereocenters. The van der Waals surface area contributed by atoms with Crippen LogP contribution in [-0.4, -0.2) is 18.3 Å². The van der Waals surface area contributed by atoms with Gasteiger partial charge in [0.05, 0.1) is 0 Å². The molecule has 6 heavy (non-hydrogen) atoms. The van der Waals surface area contributed by atoms with Gasteiger partial charge in [-0.05, 0) is 0 Å². The number of hydrogen-bond donors (Lipinski definition) is 0. The molecule has 0 aromatic heterocycles. The van der Waals surface area contributed by atoms with Crippen molar-refractivity contribution in [1.82, 2.24) is 0 Å². The van der Waals surface area contributed by atoms with E-state index in [-0.39, 0.29) is 0 Å². The number of rotatable bonds is 0. The SMILES string of the molecule is O=[Si]1O[Si](=O)O1. The Morgan fingerprint density at radius 2 is 1.33 bits per heavy atom. The fourth-order valence-electron chi connectivity index (χ4n) is 0.144. The largest absolute Gasteiger partial charge is 0.756 e. The van der Waals surface area contributed by atoms with Crippen molar-refractivity contribution in [3.63, 3.8) is 0 Å². The first-order chi connectivity index (χ1) is 2.79. The molecule has 1 rings (SSSR count). The van der Waals surface area contributed by atoms with Gasteiger partial charge in [0.1, 0.15) is 0 Å². The fourth-order valence-corrected chi connectivity index (χ4v) is 1.29. The Hall–Kier alpha value is -0.366. The summed E-state index contributed by atoms with van der Waals surface area (Å²) in [4.78, 5) is 0. The van der Waals surface area contributed by atoms with Crippen LogP contribution in [0.1, 0.15) is 0 Å². The van der Waals surface area contributed by atoms with E-state index in [1.807, 2.05) is 0 Å². The van der Waals surface area contributed by atoms with E-state index in [9.17, 15) is 8.92 Å². The first-order valence-electron chi connectivity index (χ1n) is 1.22. The first kappa shape index (κ1) is 3.81. The van der Waals surface area contributed by atoms with Crippen LogP contribution in [0.2, 0.25) is 0 Å². The molecule has 0 aromatic rings. The molecule has 0 bridgehead atoms. The van der Waals surface area contributed by atoms with E-state index in [4.69, 9.17) is 0 Å². The fraction of sp³-hybridized carbons (Fsp3) is 0. The highest BCUT2D eigenvalue weighted by Crippen LogP contribution is 1.90. The Morgan fingerprint density at radius 3 is 1.33 bits per heavy atom. The standard InChI is InChI=1S/O4Si2/c1-5-3-6(2)4-5. The summed E-state index contributed by atoms with van der Waals surface area (Å²) in [6, 6.07) is 0. The zero-order valence-electron chi connectivity index (χ0n) is 2.63. The average molecular weight is 120 g/mol. The normalized spacial score (nSPS) is 18.0. The van der Waals surface area contributed by atoms with Gasteiger partial charge in [-0.1, -0.05) is 0 Å². The molecule has 0 N–H and O–H groups in total. The molecule has 1 aliphatic rings. The van der Waals surface area contributed by atoms with Gasteiger partial charge in [-0.3, -0.25) is 8.92 Å². The van der Waals surface area contributed by atoms with Crippen molar-refractivity contribution in [2.75, 3.05) is 0 Å². The van der Waals surface area contributed by atoms with Crippen LogP contribution in [0.3, 0.4) is 0 Å². The molecule has 1 saturated heterocycles. The maximum Gasteiger partial charge on any atom is 0.756 e. The van der Waals surface area contributed by atoms with E-state index in [0.717, 1.165) is 0 Å². The Kier molecular flexibility index (Phi) is 0.667. The van der Waals surface area contributed by atoms with Gasteiger partial charge < -0.3 is 8.23 Å². The van der Waals surface area contributed by atoms with Crippen LogP contribution in [0, 0.1) is 0 Å². The van der Waals surface area contributed by atoms with Crippen LogP contribution in [0.15, 0.2) is 0 Å². The van der Waals surface area contributed by atoms with E-state index in [2.05, 4.69) is 8.23 Å². The van der Waals surface area contributed by atoms with E-state index in [1.54, 1.807) is 0 Å². The zero-order chi connectivity index (χ0) is 4.57. The van der Waals surface area contributed by atoms with Crippen LogP contribution in [0.4, 0.5) is 0 Å². The molecule has 1 aliphatic heterocycles. The number of hydrogen-bond acceptors (Lipinski definition) is 4. The van der Waals surface area contributed by atoms with Gasteiger partial charge in [0.15, 0.2) is 0 Å². The van der Waals surface area contributed by atoms with Gasteiger partial charge in [-0.15, -0.1) is 0 Å². The molecule has 32 valence electrons. The highest BCUT2D eigenvalue weighted by Gasteiger charge is 2.36. The highest BCUT2D eigenvalue weighted by molar-refractivity contribution is 6.57. The Balaban J connectivity index is 2.47. The molecular formula is O4Si2. The van der Waals surface area contributed by atoms with Gasteiger partial charge in [0.25, 0.3) is 0 Å². The second-order valence-electron chi connectivity index (χ2n) is 0.704. The summed E-state index contributed by atoms with van der Waals surface area (Å²) in [5, 5.41) is 0. The van der Waals surface area contributed by atoms with E-state index in [1.165, 1.54) is 0 Å². The molecule has 0 saturated carbocycles. The van der Waals surface area contributed by atoms with Crippen LogP contribution >= 0.6 is 0 Å². The summed E-state index contributed by atoms with van der Waals surface area (Å²) in [5.41, 5.74) is 0. The van der Waals surface area contributed by atoms with Crippen LogP contribution in [0.25, 0.3) is 0 Å². The molecule has 6 heteroatoms. The van der Waals surface area contributed by atoms with Crippen molar-refractivity contribution in [2.45, 2.75) is 0 Å². The second kappa shape index (κ2) is 1.05. The van der Waals surface area contributed by atoms with E-state index >= 15 is 0 Å². The zero-order valence-corrected chi connectivity index (χ0v) is 4.63. The lowest BCUT2D eigenvalue weighted by Crippen LogP contribution is -2.35. The molecule has 0 unspecified atom stereocenters. The van der Waals surface area contributed by atoms with Crippen molar-refractivity contribution in [2.24, 2.45) is 0 Å². The summed E-state index contributed by atoms with van der Waals surface area (Å²) in [6.45, 7) is 0. The van der Waals surface area contributed by atoms with Crippen LogP contribution < -0.4 is 0 Å². The Bertz CT molecular complexity index is 82.1. The van der Waals surface area contributed by atoms with Crippen molar-refractivity contribution in [3.8, 4) is 0 Å². The molecule has 0 spiro atoms. The second-order valence-corrected chi connectivity index (χ2v) is 3.34. The molecule has 4 nitrogen and oxygen atoms in total. The molecule has 0 aliphatic carbocycles. The van der Waals surface area contributed by atoms with Gasteiger partial charge in [-0.25, -0.2) is 0 Å². The van der Waals surface area contributed by atoms with Crippen LogP contribution in [0.5, 0.6) is 0 Å². The lowest BCUT2D eigenvalue weighted by Gasteiger charge is -2.05. The minimum absolute atomic E-state index is 2.26. The maximum atomic E-state index is 9.68. The van der Waals surface area contributed by atoms with Gasteiger partial charge in [0, 0.05) is 0 Å². The average Bonchev–Trinajstić information content (AvgIpc) is 1.33. The van der Waals surface area contributed by atoms with Crippen molar-refractivity contribution < 1.29 is 17.2 Å². The third kappa shape index (κ3) is 0.433. The predicted molar refractivity (Wildman–Crippen MR) is 15.1 cm³/mol. The van der Waals surface area contributed by atoms with Gasteiger partial charge >= 0.3 is 18.3 Å². The summed E-state index contributed by atoms with van der Waals surface area (Å²) in [7, 11) is -4.52. The summed E-state index contributed by atoms with van der Waals surface area (Å²) >= 11 is 0. The maximum absolute atomic E-state index is 9.68. The summed E-state index contributed by atoms with van der Waals surface area (Å²) in [6.07, 6.45) is 0. The van der Waals surface area contributed by atoms with Crippen molar-refractivity contribution in [3.05, 3.63) is 0 Å². The van der Waals surface area contributed by atoms with Crippen LogP contribution in [-0.2, 0) is 17.2 Å². The topological polar surface area (TPSA) is 52.6 Å². The summed E-state index contributed by atoms with van der Waals surface area (Å²) in [5.74, 6) is 0. The third-order valence-corrected chi connectivity index (χ3v) is 3.00. The molecule has 1 heterocycles. The first-order valence-corrected chi connectivity index (χ1v) is 3.67. The third-order valence-electron chi connectivity index (χ3n) is 0.333. The van der Waals surface area contributed by atoms with Gasteiger partial charge in [-0.2, -0.15) is 0 Å². The van der Waals surface area contributed by atoms with Crippen molar-refractivity contribution in [1.29, 1.82) is 0 Å². The van der Waals surface area contributed by atoms with E-state index < -0.39 is 18.3 Å². The smallest absolute Gasteiger partial charge is 0.467 e. The predicted octanol–water partition coefficient (Wildman–Crippen LogP) is -1.14. The minimum atomic E-state index is -2.26. The lowest BCUT2D eigenvalue weighted by atomic mass is 15.6. The Labute approximate surface area is 36.5 Å². The molecule has 1 fully saturated rings. The van der Waals surface area contributed by atoms with Crippen molar-refractivity contribution >= 4 is 18.3 Å². The lowest BCUT2D eigenvalue weighted by molar-refractivity contribution is 0.203.